The summed E-state index contributed by atoms with van der Waals surface area (Å²) in [5.74, 6) is 0.906. The molecule has 6 nitrogen and oxygen atoms in total. The smallest absolute Gasteiger partial charge is 0.273 e. The van der Waals surface area contributed by atoms with Crippen molar-refractivity contribution in [1.82, 2.24) is 19.4 Å². The third kappa shape index (κ3) is 2.86. The van der Waals surface area contributed by atoms with Crippen LogP contribution in [0, 0.1) is 6.92 Å². The Bertz CT molecular complexity index is 945. The Morgan fingerprint density at radius 1 is 1.27 bits per heavy atom. The fraction of sp³-hybridized carbons (Fsp3) is 0.350. The quantitative estimate of drug-likeness (QED) is 0.726. The van der Waals surface area contributed by atoms with Gasteiger partial charge in [-0.1, -0.05) is 24.3 Å². The average Bonchev–Trinajstić information content (AvgIpc) is 3.28. The summed E-state index contributed by atoms with van der Waals surface area (Å²) in [7, 11) is 1.67. The predicted octanol–water partition coefficient (Wildman–Crippen LogP) is 2.97. The molecule has 1 aromatic carbocycles. The SMILES string of the molecule is COCc1ncc(C)n1C1CCN(C(=O)c2nccc3ccccc23)C1. The maximum absolute atomic E-state index is 13.1. The van der Waals surface area contributed by atoms with Gasteiger partial charge in [-0.15, -0.1) is 0 Å². The summed E-state index contributed by atoms with van der Waals surface area (Å²) in [6.07, 6.45) is 4.48. The fourth-order valence-corrected chi connectivity index (χ4v) is 3.81. The molecule has 3 aromatic rings. The van der Waals surface area contributed by atoms with Gasteiger partial charge in [0.1, 0.15) is 18.1 Å². The second-order valence-electron chi connectivity index (χ2n) is 6.69. The number of nitrogens with zero attached hydrogens (tertiary/aromatic N) is 4. The number of aromatic nitrogens is 3. The van der Waals surface area contributed by atoms with E-state index in [4.69, 9.17) is 4.74 Å². The van der Waals surface area contributed by atoms with Crippen LogP contribution in [0.2, 0.25) is 0 Å². The molecule has 2 aromatic heterocycles. The molecule has 4 rings (SSSR count). The number of fused-ring (bicyclic) bond motifs is 1. The zero-order valence-electron chi connectivity index (χ0n) is 15.1. The van der Waals surface area contributed by atoms with Crippen molar-refractivity contribution in [3.8, 4) is 0 Å². The van der Waals surface area contributed by atoms with Gasteiger partial charge < -0.3 is 14.2 Å². The second-order valence-corrected chi connectivity index (χ2v) is 6.69. The monoisotopic (exact) mass is 350 g/mol. The molecule has 6 heteroatoms. The Hall–Kier alpha value is -2.73. The standard InChI is InChI=1S/C20H22N4O2/c1-14-11-22-18(13-26-2)24(14)16-8-10-23(12-16)20(25)19-17-6-4-3-5-15(17)7-9-21-19/h3-7,9,11,16H,8,10,12-13H2,1-2H3. The van der Waals surface area contributed by atoms with E-state index in [1.165, 1.54) is 0 Å². The van der Waals surface area contributed by atoms with Crippen molar-refractivity contribution in [3.05, 3.63) is 59.9 Å². The van der Waals surface area contributed by atoms with Crippen molar-refractivity contribution >= 4 is 16.7 Å². The van der Waals surface area contributed by atoms with Crippen LogP contribution in [0.15, 0.2) is 42.7 Å². The van der Waals surface area contributed by atoms with E-state index in [1.807, 2.05) is 48.4 Å². The molecular weight excluding hydrogens is 328 g/mol. The van der Waals surface area contributed by atoms with Crippen LogP contribution in [0.3, 0.4) is 0 Å². The molecule has 1 saturated heterocycles. The molecule has 26 heavy (non-hydrogen) atoms. The van der Waals surface area contributed by atoms with Crippen LogP contribution in [0.1, 0.15) is 34.5 Å². The van der Waals surface area contributed by atoms with E-state index in [0.717, 1.165) is 35.3 Å². The summed E-state index contributed by atoms with van der Waals surface area (Å²) in [5.41, 5.74) is 1.63. The van der Waals surface area contributed by atoms with Crippen molar-refractivity contribution in [2.24, 2.45) is 0 Å². The topological polar surface area (TPSA) is 60.2 Å². The molecule has 0 spiro atoms. The van der Waals surface area contributed by atoms with Crippen molar-refractivity contribution < 1.29 is 9.53 Å². The molecule has 1 atom stereocenters. The Morgan fingerprint density at radius 3 is 2.96 bits per heavy atom. The summed E-state index contributed by atoms with van der Waals surface area (Å²) in [6, 6.07) is 10.0. The first kappa shape index (κ1) is 16.7. The highest BCUT2D eigenvalue weighted by atomic mass is 16.5. The van der Waals surface area contributed by atoms with Crippen LogP contribution < -0.4 is 0 Å². The largest absolute Gasteiger partial charge is 0.377 e. The van der Waals surface area contributed by atoms with Gasteiger partial charge in [-0.05, 0) is 24.8 Å². The summed E-state index contributed by atoms with van der Waals surface area (Å²) < 4.78 is 7.46. The zero-order chi connectivity index (χ0) is 18.1. The number of carbonyl (C=O) groups excluding carboxylic acids is 1. The van der Waals surface area contributed by atoms with Gasteiger partial charge in [-0.25, -0.2) is 4.98 Å². The van der Waals surface area contributed by atoms with Crippen molar-refractivity contribution in [1.29, 1.82) is 0 Å². The third-order valence-electron chi connectivity index (χ3n) is 5.02. The van der Waals surface area contributed by atoms with Crippen LogP contribution in [0.4, 0.5) is 0 Å². The molecule has 1 fully saturated rings. The molecule has 134 valence electrons. The Morgan fingerprint density at radius 2 is 2.12 bits per heavy atom. The number of rotatable bonds is 4. The Kier molecular flexibility index (Phi) is 4.42. The lowest BCUT2D eigenvalue weighted by Crippen LogP contribution is -2.30. The Balaban J connectivity index is 1.59. The van der Waals surface area contributed by atoms with Gasteiger partial charge in [0.2, 0.25) is 0 Å². The van der Waals surface area contributed by atoms with Gasteiger partial charge in [-0.3, -0.25) is 9.78 Å². The van der Waals surface area contributed by atoms with E-state index >= 15 is 0 Å². The maximum atomic E-state index is 13.1. The summed E-state index contributed by atoms with van der Waals surface area (Å²) >= 11 is 0. The lowest BCUT2D eigenvalue weighted by molar-refractivity contribution is 0.0783. The summed E-state index contributed by atoms with van der Waals surface area (Å²) in [6.45, 7) is 3.90. The summed E-state index contributed by atoms with van der Waals surface area (Å²) in [5, 5.41) is 1.94. The number of amides is 1. The first-order valence-corrected chi connectivity index (χ1v) is 8.83. The number of ether oxygens (including phenoxy) is 1. The minimum absolute atomic E-state index is 0.00430. The number of pyridine rings is 1. The number of hydrogen-bond donors (Lipinski definition) is 0. The fourth-order valence-electron chi connectivity index (χ4n) is 3.81. The van der Waals surface area contributed by atoms with Crippen LogP contribution >= 0.6 is 0 Å². The van der Waals surface area contributed by atoms with Crippen LogP contribution in [0.25, 0.3) is 10.8 Å². The van der Waals surface area contributed by atoms with E-state index in [9.17, 15) is 4.79 Å². The first-order valence-electron chi connectivity index (χ1n) is 8.83. The molecule has 3 heterocycles. The van der Waals surface area contributed by atoms with Crippen molar-refractivity contribution in [2.75, 3.05) is 20.2 Å². The molecule has 0 N–H and O–H groups in total. The second kappa shape index (κ2) is 6.88. The van der Waals surface area contributed by atoms with E-state index in [2.05, 4.69) is 14.5 Å². The minimum atomic E-state index is -0.00430. The van der Waals surface area contributed by atoms with Crippen LogP contribution in [-0.4, -0.2) is 45.5 Å². The normalized spacial score (nSPS) is 17.2. The lowest BCUT2D eigenvalue weighted by atomic mass is 10.1. The first-order chi connectivity index (χ1) is 12.7. The number of carbonyl (C=O) groups is 1. The summed E-state index contributed by atoms with van der Waals surface area (Å²) in [4.78, 5) is 23.8. The van der Waals surface area contributed by atoms with Gasteiger partial charge in [0.15, 0.2) is 0 Å². The van der Waals surface area contributed by atoms with Gasteiger partial charge in [0.05, 0.1) is 6.04 Å². The van der Waals surface area contributed by atoms with E-state index in [-0.39, 0.29) is 11.9 Å². The average molecular weight is 350 g/mol. The van der Waals surface area contributed by atoms with Crippen LogP contribution in [0.5, 0.6) is 0 Å². The molecule has 0 radical (unpaired) electrons. The number of likely N-dealkylation sites (tertiary alicyclic amines) is 1. The molecule has 1 aliphatic heterocycles. The van der Waals surface area contributed by atoms with Crippen molar-refractivity contribution in [3.63, 3.8) is 0 Å². The number of aryl methyl sites for hydroxylation is 1. The number of benzene rings is 1. The minimum Gasteiger partial charge on any atom is -0.377 e. The highest BCUT2D eigenvalue weighted by molar-refractivity contribution is 6.05. The molecule has 0 aliphatic carbocycles. The molecule has 1 amide bonds. The molecular formula is C20H22N4O2. The van der Waals surface area contributed by atoms with E-state index < -0.39 is 0 Å². The molecule has 0 bridgehead atoms. The van der Waals surface area contributed by atoms with Gasteiger partial charge in [0, 0.05) is 43.7 Å². The van der Waals surface area contributed by atoms with Gasteiger partial charge in [-0.2, -0.15) is 0 Å². The van der Waals surface area contributed by atoms with Gasteiger partial charge in [0.25, 0.3) is 5.91 Å². The number of hydrogen-bond acceptors (Lipinski definition) is 4. The third-order valence-corrected chi connectivity index (χ3v) is 5.02. The molecule has 1 aliphatic rings. The number of methoxy groups -OCH3 is 1. The Labute approximate surface area is 152 Å². The van der Waals surface area contributed by atoms with E-state index in [0.29, 0.717) is 18.8 Å². The number of imidazole rings is 1. The zero-order valence-corrected chi connectivity index (χ0v) is 15.1. The van der Waals surface area contributed by atoms with Crippen LogP contribution in [-0.2, 0) is 11.3 Å². The molecule has 1 unspecified atom stereocenters. The van der Waals surface area contributed by atoms with Crippen molar-refractivity contribution in [2.45, 2.75) is 26.0 Å². The molecule has 0 saturated carbocycles. The van der Waals surface area contributed by atoms with E-state index in [1.54, 1.807) is 13.3 Å². The predicted molar refractivity (Wildman–Crippen MR) is 99.0 cm³/mol. The highest BCUT2D eigenvalue weighted by Gasteiger charge is 2.31. The van der Waals surface area contributed by atoms with Gasteiger partial charge >= 0.3 is 0 Å². The lowest BCUT2D eigenvalue weighted by Gasteiger charge is -2.19. The highest BCUT2D eigenvalue weighted by Crippen LogP contribution is 2.27. The maximum Gasteiger partial charge on any atom is 0.273 e.